The molecular formula is C11H14Cl. The van der Waals surface area contributed by atoms with Gasteiger partial charge in [-0.25, -0.2) is 0 Å². The van der Waals surface area contributed by atoms with E-state index in [2.05, 4.69) is 18.2 Å². The van der Waals surface area contributed by atoms with Crippen molar-refractivity contribution in [3.63, 3.8) is 0 Å². The fraction of sp³-hybridized carbons (Fsp3) is 0.455. The third-order valence-corrected chi connectivity index (χ3v) is 2.15. The normalized spacial score (nSPS) is 10.1. The van der Waals surface area contributed by atoms with Gasteiger partial charge < -0.3 is 0 Å². The molecule has 1 radical (unpaired) electrons. The third-order valence-electron chi connectivity index (χ3n) is 1.89. The van der Waals surface area contributed by atoms with E-state index in [-0.39, 0.29) is 0 Å². The predicted molar refractivity (Wildman–Crippen MR) is 53.6 cm³/mol. The van der Waals surface area contributed by atoms with Gasteiger partial charge in [0, 0.05) is 5.88 Å². The topological polar surface area (TPSA) is 0 Å². The molecule has 0 heterocycles. The highest BCUT2D eigenvalue weighted by atomic mass is 35.5. The molecular weight excluding hydrogens is 168 g/mol. The van der Waals surface area contributed by atoms with Crippen LogP contribution < -0.4 is 0 Å². The summed E-state index contributed by atoms with van der Waals surface area (Å²) in [4.78, 5) is 0. The predicted octanol–water partition coefficient (Wildman–Crippen LogP) is 3.44. The van der Waals surface area contributed by atoms with Crippen molar-refractivity contribution in [3.8, 4) is 0 Å². The fourth-order valence-electron chi connectivity index (χ4n) is 1.19. The van der Waals surface area contributed by atoms with Crippen LogP contribution in [0.1, 0.15) is 24.8 Å². The summed E-state index contributed by atoms with van der Waals surface area (Å²) in [5.41, 5.74) is 1.41. The lowest BCUT2D eigenvalue weighted by molar-refractivity contribution is 0.720. The molecule has 1 aromatic rings. The van der Waals surface area contributed by atoms with Crippen LogP contribution in [-0.4, -0.2) is 5.88 Å². The second kappa shape index (κ2) is 6.07. The van der Waals surface area contributed by atoms with E-state index in [1.165, 1.54) is 24.8 Å². The van der Waals surface area contributed by atoms with Crippen LogP contribution in [0, 0.1) is 6.07 Å². The standard InChI is InChI=1S/C11H14Cl/c12-10-6-2-5-9-11-7-3-1-4-8-11/h3-4,7-8H,2,5-6,9-10H2. The summed E-state index contributed by atoms with van der Waals surface area (Å²) in [6.45, 7) is 0. The van der Waals surface area contributed by atoms with Crippen molar-refractivity contribution in [2.24, 2.45) is 0 Å². The van der Waals surface area contributed by atoms with Crippen molar-refractivity contribution < 1.29 is 0 Å². The van der Waals surface area contributed by atoms with Crippen molar-refractivity contribution in [3.05, 3.63) is 35.9 Å². The molecule has 0 aliphatic rings. The van der Waals surface area contributed by atoms with Gasteiger partial charge in [-0.3, -0.25) is 0 Å². The minimum absolute atomic E-state index is 0.794. The summed E-state index contributed by atoms with van der Waals surface area (Å²) < 4.78 is 0. The minimum atomic E-state index is 0.794. The van der Waals surface area contributed by atoms with Crippen LogP contribution >= 0.6 is 11.6 Å². The average molecular weight is 182 g/mol. The van der Waals surface area contributed by atoms with Gasteiger partial charge in [-0.05, 0) is 30.9 Å². The maximum Gasteiger partial charge on any atom is 0.0223 e. The summed E-state index contributed by atoms with van der Waals surface area (Å²) in [5, 5.41) is 0. The number of aryl methyl sites for hydroxylation is 1. The van der Waals surface area contributed by atoms with E-state index in [1.54, 1.807) is 0 Å². The van der Waals surface area contributed by atoms with E-state index in [0.717, 1.165) is 12.3 Å². The number of benzene rings is 1. The Labute approximate surface area is 79.6 Å². The van der Waals surface area contributed by atoms with Crippen molar-refractivity contribution >= 4 is 11.6 Å². The fourth-order valence-corrected chi connectivity index (χ4v) is 1.38. The van der Waals surface area contributed by atoms with Crippen LogP contribution in [-0.2, 0) is 6.42 Å². The summed E-state index contributed by atoms with van der Waals surface area (Å²) in [7, 11) is 0. The highest BCUT2D eigenvalue weighted by Crippen LogP contribution is 2.05. The van der Waals surface area contributed by atoms with Gasteiger partial charge >= 0.3 is 0 Å². The molecule has 0 bridgehead atoms. The zero-order valence-electron chi connectivity index (χ0n) is 7.22. The zero-order valence-corrected chi connectivity index (χ0v) is 7.98. The number of rotatable bonds is 5. The molecule has 1 rings (SSSR count). The van der Waals surface area contributed by atoms with Gasteiger partial charge in [-0.2, -0.15) is 0 Å². The number of hydrogen-bond donors (Lipinski definition) is 0. The van der Waals surface area contributed by atoms with Crippen molar-refractivity contribution in [2.75, 3.05) is 5.88 Å². The van der Waals surface area contributed by atoms with Crippen molar-refractivity contribution in [1.82, 2.24) is 0 Å². The highest BCUT2D eigenvalue weighted by Gasteiger charge is 1.91. The number of alkyl halides is 1. The molecule has 12 heavy (non-hydrogen) atoms. The summed E-state index contributed by atoms with van der Waals surface area (Å²) >= 11 is 5.58. The average Bonchev–Trinajstić information content (AvgIpc) is 2.14. The summed E-state index contributed by atoms with van der Waals surface area (Å²) in [5.74, 6) is 0.794. The first-order valence-corrected chi connectivity index (χ1v) is 4.98. The van der Waals surface area contributed by atoms with Crippen LogP contribution in [0.2, 0.25) is 0 Å². The molecule has 1 aromatic carbocycles. The first kappa shape index (κ1) is 9.60. The Morgan fingerprint density at radius 3 is 2.50 bits per heavy atom. The molecule has 0 unspecified atom stereocenters. The Bertz CT molecular complexity index is 193. The van der Waals surface area contributed by atoms with E-state index in [4.69, 9.17) is 11.6 Å². The monoisotopic (exact) mass is 181 g/mol. The maximum absolute atomic E-state index is 5.58. The van der Waals surface area contributed by atoms with E-state index in [0.29, 0.717) is 0 Å². The molecule has 0 aliphatic heterocycles. The first-order valence-electron chi connectivity index (χ1n) is 4.44. The van der Waals surface area contributed by atoms with Gasteiger partial charge in [0.25, 0.3) is 0 Å². The first-order chi connectivity index (χ1) is 5.93. The molecule has 1 heteroatoms. The molecule has 0 atom stereocenters. The molecule has 0 aromatic heterocycles. The molecule has 0 N–H and O–H groups in total. The van der Waals surface area contributed by atoms with Crippen LogP contribution in [0.4, 0.5) is 0 Å². The highest BCUT2D eigenvalue weighted by molar-refractivity contribution is 6.17. The second-order valence-electron chi connectivity index (χ2n) is 2.91. The van der Waals surface area contributed by atoms with Crippen molar-refractivity contribution in [1.29, 1.82) is 0 Å². The molecule has 0 spiro atoms. The lowest BCUT2D eigenvalue weighted by atomic mass is 10.1. The lowest BCUT2D eigenvalue weighted by Gasteiger charge is -1.98. The Hall–Kier alpha value is -0.490. The van der Waals surface area contributed by atoms with Crippen molar-refractivity contribution in [2.45, 2.75) is 25.7 Å². The maximum atomic E-state index is 5.58. The van der Waals surface area contributed by atoms with Gasteiger partial charge in [0.2, 0.25) is 0 Å². The van der Waals surface area contributed by atoms with Gasteiger partial charge in [-0.15, -0.1) is 11.6 Å². The summed E-state index contributed by atoms with van der Waals surface area (Å²) in [6.07, 6.45) is 4.80. The van der Waals surface area contributed by atoms with Crippen LogP contribution in [0.3, 0.4) is 0 Å². The molecule has 0 nitrogen and oxygen atoms in total. The lowest BCUT2D eigenvalue weighted by Crippen LogP contribution is -1.85. The molecule has 0 saturated carbocycles. The van der Waals surface area contributed by atoms with E-state index in [9.17, 15) is 0 Å². The molecule has 0 saturated heterocycles. The van der Waals surface area contributed by atoms with Gasteiger partial charge in [0.05, 0.1) is 0 Å². The Morgan fingerprint density at radius 1 is 1.08 bits per heavy atom. The van der Waals surface area contributed by atoms with Crippen LogP contribution in [0.25, 0.3) is 0 Å². The Kier molecular flexibility index (Phi) is 4.86. The molecule has 0 amide bonds. The van der Waals surface area contributed by atoms with Gasteiger partial charge in [-0.1, -0.05) is 30.7 Å². The Balaban J connectivity index is 2.16. The number of halogens is 1. The SMILES string of the molecule is ClCCCCCc1cc[c]cc1. The summed E-state index contributed by atoms with van der Waals surface area (Å²) in [6, 6.07) is 11.2. The van der Waals surface area contributed by atoms with Crippen LogP contribution in [0.15, 0.2) is 24.3 Å². The molecule has 0 fully saturated rings. The van der Waals surface area contributed by atoms with Gasteiger partial charge in [0.15, 0.2) is 0 Å². The van der Waals surface area contributed by atoms with Crippen LogP contribution in [0.5, 0.6) is 0 Å². The third kappa shape index (κ3) is 3.77. The number of unbranched alkanes of at least 4 members (excludes halogenated alkanes) is 2. The number of hydrogen-bond acceptors (Lipinski definition) is 0. The quantitative estimate of drug-likeness (QED) is 0.482. The smallest absolute Gasteiger partial charge is 0.0223 e. The van der Waals surface area contributed by atoms with E-state index in [1.807, 2.05) is 12.1 Å². The van der Waals surface area contributed by atoms with Gasteiger partial charge in [0.1, 0.15) is 0 Å². The minimum Gasteiger partial charge on any atom is -0.127 e. The Morgan fingerprint density at radius 2 is 1.83 bits per heavy atom. The van der Waals surface area contributed by atoms with E-state index < -0.39 is 0 Å². The molecule has 0 aliphatic carbocycles. The zero-order chi connectivity index (χ0) is 8.65. The molecule has 65 valence electrons. The van der Waals surface area contributed by atoms with E-state index >= 15 is 0 Å². The largest absolute Gasteiger partial charge is 0.127 e. The second-order valence-corrected chi connectivity index (χ2v) is 3.29.